The van der Waals surface area contributed by atoms with E-state index in [1.807, 2.05) is 6.92 Å². The molecule has 0 saturated heterocycles. The van der Waals surface area contributed by atoms with Crippen LogP contribution in [-0.4, -0.2) is 59.9 Å². The Morgan fingerprint density at radius 2 is 1.94 bits per heavy atom. The molecule has 1 aromatic carbocycles. The summed E-state index contributed by atoms with van der Waals surface area (Å²) >= 11 is 0. The summed E-state index contributed by atoms with van der Waals surface area (Å²) < 4.78 is 36.1. The van der Waals surface area contributed by atoms with E-state index < -0.39 is 33.3 Å². The number of carbonyl (C=O) groups excluding carboxylic acids is 2. The zero-order valence-electron chi connectivity index (χ0n) is 18.0. The molecule has 0 bridgehead atoms. The number of aromatic nitrogens is 2. The highest BCUT2D eigenvalue weighted by Gasteiger charge is 2.36. The Balaban J connectivity index is 2.06. The summed E-state index contributed by atoms with van der Waals surface area (Å²) in [6, 6.07) is 6.04. The molecule has 0 fully saturated rings. The number of nitrogens with zero attached hydrogens (tertiary/aromatic N) is 4. The normalized spacial score (nSPS) is 11.8. The number of aryl methyl sites for hydroxylation is 1. The van der Waals surface area contributed by atoms with Crippen LogP contribution < -0.4 is 0 Å². The van der Waals surface area contributed by atoms with Crippen molar-refractivity contribution in [3.8, 4) is 0 Å². The highest BCUT2D eigenvalue weighted by atomic mass is 32.2. The van der Waals surface area contributed by atoms with Crippen LogP contribution in [0.1, 0.15) is 25.2 Å². The van der Waals surface area contributed by atoms with Gasteiger partial charge in [0.2, 0.25) is 5.82 Å². The fourth-order valence-electron chi connectivity index (χ4n) is 2.84. The predicted octanol–water partition coefficient (Wildman–Crippen LogP) is 1.91. The molecule has 0 radical (unpaired) electrons. The number of hydrogen-bond donors (Lipinski definition) is 0. The molecule has 0 aliphatic heterocycles. The summed E-state index contributed by atoms with van der Waals surface area (Å²) in [6.07, 6.45) is 0.552. The lowest BCUT2D eigenvalue weighted by Gasteiger charge is -2.27. The van der Waals surface area contributed by atoms with Crippen LogP contribution in [0.4, 0.5) is 10.6 Å². The second-order valence-electron chi connectivity index (χ2n) is 7.34. The van der Waals surface area contributed by atoms with Gasteiger partial charge in [0.15, 0.2) is 5.60 Å². The number of ether oxygens (including phenoxy) is 1. The monoisotopic (exact) mass is 468 g/mol. The molecule has 32 heavy (non-hydrogen) atoms. The highest BCUT2D eigenvalue weighted by molar-refractivity contribution is 7.86. The molecule has 2 aromatic rings. The maximum absolute atomic E-state index is 12.6. The van der Waals surface area contributed by atoms with Crippen molar-refractivity contribution in [2.24, 2.45) is 7.05 Å². The Hall–Kier alpha value is -3.32. The van der Waals surface area contributed by atoms with E-state index in [0.29, 0.717) is 6.29 Å². The van der Waals surface area contributed by atoms with Crippen molar-refractivity contribution in [2.45, 2.75) is 31.3 Å². The van der Waals surface area contributed by atoms with Gasteiger partial charge in [-0.25, -0.2) is 14.3 Å². The minimum Gasteiger partial charge on any atom is -0.433 e. The number of rotatable bonds is 10. The maximum atomic E-state index is 12.6. The lowest BCUT2D eigenvalue weighted by molar-refractivity contribution is -0.392. The first kappa shape index (κ1) is 24.9. The second-order valence-corrected chi connectivity index (χ2v) is 8.95. The number of aldehydes is 1. The molecule has 0 N–H and O–H groups in total. The maximum Gasteiger partial charge on any atom is 0.411 e. The van der Waals surface area contributed by atoms with Crippen molar-refractivity contribution in [3.05, 3.63) is 52.0 Å². The quantitative estimate of drug-likeness (QED) is 0.220. The summed E-state index contributed by atoms with van der Waals surface area (Å²) in [5, 5.41) is 11.0. The van der Waals surface area contributed by atoms with Crippen LogP contribution in [0.15, 0.2) is 35.4 Å². The summed E-state index contributed by atoms with van der Waals surface area (Å²) in [6.45, 7) is 3.74. The van der Waals surface area contributed by atoms with Gasteiger partial charge in [-0.2, -0.15) is 8.42 Å². The fourth-order valence-corrected chi connectivity index (χ4v) is 3.73. The van der Waals surface area contributed by atoms with E-state index in [9.17, 15) is 28.1 Å². The van der Waals surface area contributed by atoms with Crippen molar-refractivity contribution in [1.29, 1.82) is 0 Å². The van der Waals surface area contributed by atoms with Crippen molar-refractivity contribution in [2.75, 3.05) is 19.7 Å². The van der Waals surface area contributed by atoms with Gasteiger partial charge in [-0.05, 0) is 37.8 Å². The topological polar surface area (TPSA) is 151 Å². The zero-order chi connectivity index (χ0) is 24.1. The van der Waals surface area contributed by atoms with Crippen molar-refractivity contribution >= 4 is 28.3 Å². The van der Waals surface area contributed by atoms with Gasteiger partial charge in [-0.15, -0.1) is 0 Å². The third kappa shape index (κ3) is 5.88. The van der Waals surface area contributed by atoms with Crippen molar-refractivity contribution < 1.29 is 31.9 Å². The molecule has 0 unspecified atom stereocenters. The Morgan fingerprint density at radius 3 is 2.47 bits per heavy atom. The Kier molecular flexibility index (Phi) is 7.69. The minimum absolute atomic E-state index is 0.0369. The van der Waals surface area contributed by atoms with Crippen LogP contribution >= 0.6 is 0 Å². The molecule has 0 atom stereocenters. The smallest absolute Gasteiger partial charge is 0.411 e. The van der Waals surface area contributed by atoms with Gasteiger partial charge in [-0.3, -0.25) is 9.08 Å². The first-order chi connectivity index (χ1) is 14.9. The molecule has 0 aliphatic carbocycles. The van der Waals surface area contributed by atoms with E-state index in [1.54, 1.807) is 12.1 Å². The molecular formula is C19H24N4O8S. The van der Waals surface area contributed by atoms with Gasteiger partial charge in [0.05, 0.1) is 25.1 Å². The number of carbonyl (C=O) groups is 2. The Labute approximate surface area is 185 Å². The van der Waals surface area contributed by atoms with Gasteiger partial charge < -0.3 is 19.6 Å². The van der Waals surface area contributed by atoms with E-state index in [4.69, 9.17) is 8.92 Å². The molecule has 1 heterocycles. The number of nitro groups is 1. The van der Waals surface area contributed by atoms with E-state index in [0.717, 1.165) is 16.7 Å². The SMILES string of the molecule is Cc1ccc(S(=O)(=O)OCCN(CC=O)C(=O)OC(C)(C)c2ncc([N+](=O)[O-])n2C)cc1. The molecule has 1 aromatic heterocycles. The van der Waals surface area contributed by atoms with E-state index in [1.165, 1.54) is 37.6 Å². The first-order valence-corrected chi connectivity index (χ1v) is 10.8. The molecule has 0 aliphatic rings. The molecular weight excluding hydrogens is 444 g/mol. The number of hydrogen-bond acceptors (Lipinski definition) is 9. The van der Waals surface area contributed by atoms with Gasteiger partial charge in [0.1, 0.15) is 12.5 Å². The predicted molar refractivity (Wildman–Crippen MR) is 111 cm³/mol. The van der Waals surface area contributed by atoms with Gasteiger partial charge in [0, 0.05) is 6.54 Å². The number of imidazole rings is 1. The minimum atomic E-state index is -4.05. The van der Waals surface area contributed by atoms with Gasteiger partial charge in [-0.1, -0.05) is 17.7 Å². The number of benzene rings is 1. The second kappa shape index (κ2) is 9.87. The number of amides is 1. The molecule has 13 heteroatoms. The van der Waals surface area contributed by atoms with Crippen LogP contribution in [0.25, 0.3) is 0 Å². The van der Waals surface area contributed by atoms with E-state index in [-0.39, 0.29) is 29.6 Å². The summed E-state index contributed by atoms with van der Waals surface area (Å²) in [4.78, 5) is 38.9. The Bertz CT molecular complexity index is 1090. The van der Waals surface area contributed by atoms with Crippen molar-refractivity contribution in [1.82, 2.24) is 14.5 Å². The van der Waals surface area contributed by atoms with Crippen LogP contribution in [0.5, 0.6) is 0 Å². The standard InChI is InChI=1S/C19H24N4O8S/c1-14-5-7-15(8-6-14)32(28,29)30-12-10-22(9-11-24)18(25)31-19(2,3)17-20-13-16(21(17)4)23(26)27/h5-8,11,13H,9-10,12H2,1-4H3. The Morgan fingerprint density at radius 1 is 1.31 bits per heavy atom. The van der Waals surface area contributed by atoms with Crippen LogP contribution in [0.2, 0.25) is 0 Å². The van der Waals surface area contributed by atoms with Crippen LogP contribution in [0.3, 0.4) is 0 Å². The highest BCUT2D eigenvalue weighted by Crippen LogP contribution is 2.27. The first-order valence-electron chi connectivity index (χ1n) is 9.43. The molecule has 0 spiro atoms. The molecule has 174 valence electrons. The lowest BCUT2D eigenvalue weighted by atomic mass is 10.1. The lowest BCUT2D eigenvalue weighted by Crippen LogP contribution is -2.40. The van der Waals surface area contributed by atoms with Gasteiger partial charge >= 0.3 is 11.9 Å². The molecule has 2 rings (SSSR count). The average molecular weight is 468 g/mol. The summed E-state index contributed by atoms with van der Waals surface area (Å²) in [5.41, 5.74) is -0.500. The zero-order valence-corrected chi connectivity index (χ0v) is 18.9. The average Bonchev–Trinajstić information content (AvgIpc) is 3.10. The van der Waals surface area contributed by atoms with E-state index in [2.05, 4.69) is 4.98 Å². The third-order valence-corrected chi connectivity index (χ3v) is 5.82. The summed E-state index contributed by atoms with van der Waals surface area (Å²) in [7, 11) is -2.64. The molecule has 1 amide bonds. The molecule has 12 nitrogen and oxygen atoms in total. The largest absolute Gasteiger partial charge is 0.433 e. The van der Waals surface area contributed by atoms with E-state index >= 15 is 0 Å². The van der Waals surface area contributed by atoms with Crippen LogP contribution in [0, 0.1) is 17.0 Å². The fraction of sp³-hybridized carbons (Fsp3) is 0.421. The van der Waals surface area contributed by atoms with Crippen molar-refractivity contribution in [3.63, 3.8) is 0 Å². The van der Waals surface area contributed by atoms with Crippen LogP contribution in [-0.2, 0) is 36.5 Å². The molecule has 0 saturated carbocycles. The summed E-state index contributed by atoms with van der Waals surface area (Å²) in [5.74, 6) is -0.176. The third-order valence-electron chi connectivity index (χ3n) is 4.49. The van der Waals surface area contributed by atoms with Gasteiger partial charge in [0.25, 0.3) is 10.1 Å².